The largest absolute Gasteiger partial charge is 0.444 e. The van der Waals surface area contributed by atoms with Crippen molar-refractivity contribution < 1.29 is 14.3 Å². The van der Waals surface area contributed by atoms with Crippen LogP contribution in [-0.4, -0.2) is 47.4 Å². The number of amides is 2. The maximum Gasteiger partial charge on any atom is 0.407 e. The number of hydrogen-bond acceptors (Lipinski definition) is 7. The molecule has 1 aliphatic carbocycles. The average Bonchev–Trinajstić information content (AvgIpc) is 3.17. The van der Waals surface area contributed by atoms with Crippen LogP contribution in [0.1, 0.15) is 58.4 Å². The quantitative estimate of drug-likeness (QED) is 0.525. The van der Waals surface area contributed by atoms with Crippen LogP contribution < -0.4 is 21.4 Å². The van der Waals surface area contributed by atoms with E-state index in [4.69, 9.17) is 4.74 Å². The first kappa shape index (κ1) is 24.3. The molecule has 9 nitrogen and oxygen atoms in total. The van der Waals surface area contributed by atoms with E-state index in [0.717, 1.165) is 43.4 Å². The van der Waals surface area contributed by atoms with Gasteiger partial charge in [-0.3, -0.25) is 4.79 Å². The lowest BCUT2D eigenvalue weighted by molar-refractivity contribution is -0.128. The van der Waals surface area contributed by atoms with Gasteiger partial charge in [-0.2, -0.15) is 5.26 Å². The molecule has 0 aromatic heterocycles. The van der Waals surface area contributed by atoms with Crippen molar-refractivity contribution in [3.8, 4) is 6.07 Å². The van der Waals surface area contributed by atoms with Crippen molar-refractivity contribution in [3.05, 3.63) is 29.8 Å². The number of nitriles is 1. The Morgan fingerprint density at radius 1 is 1.18 bits per heavy atom. The van der Waals surface area contributed by atoms with Gasteiger partial charge in [-0.25, -0.2) is 15.2 Å². The molecule has 1 aromatic rings. The number of fused-ring (bicyclic) bond motifs is 1. The van der Waals surface area contributed by atoms with Crippen LogP contribution in [0.2, 0.25) is 0 Å². The minimum Gasteiger partial charge on any atom is -0.444 e. The third kappa shape index (κ3) is 5.62. The molecule has 0 bridgehead atoms. The maximum atomic E-state index is 12.8. The topological polar surface area (TPSA) is 119 Å². The van der Waals surface area contributed by atoms with Crippen LogP contribution in [0.5, 0.6) is 0 Å². The molecule has 9 heteroatoms. The molecular formula is C25H36N6O3. The molecule has 3 fully saturated rings. The van der Waals surface area contributed by atoms with Crippen molar-refractivity contribution in [2.24, 2.45) is 11.8 Å². The number of carbonyl (C=O) groups is 2. The standard InChI is InChI=1S/C25H36N6O3/c1-25(2,3)34-24(33)28-15-16-8-10-18(11-9-16)29-22-21-20(12-13-27-23(21)32)31(30-22)19-7-5-4-6-17(19)14-26/h8-11,17,19-22,29-30H,4-7,12-13,15H2,1-3H3,(H,27,32)(H,28,33)/t17-,19+,20?,21?,22?/m1/s1. The van der Waals surface area contributed by atoms with Crippen molar-refractivity contribution >= 4 is 17.7 Å². The molecule has 3 unspecified atom stereocenters. The SMILES string of the molecule is CC(C)(C)OC(=O)NCc1ccc(NC2NN([C@H]3CCCC[C@@H]3C#N)C3CCNC(=O)C23)cc1. The van der Waals surface area contributed by atoms with Crippen molar-refractivity contribution in [3.63, 3.8) is 0 Å². The summed E-state index contributed by atoms with van der Waals surface area (Å²) >= 11 is 0. The zero-order chi connectivity index (χ0) is 24.3. The molecule has 4 rings (SSSR count). The highest BCUT2D eigenvalue weighted by Crippen LogP contribution is 2.36. The Morgan fingerprint density at radius 3 is 2.62 bits per heavy atom. The molecule has 2 saturated heterocycles. The van der Waals surface area contributed by atoms with Crippen LogP contribution in [0.4, 0.5) is 10.5 Å². The Balaban J connectivity index is 1.41. The fourth-order valence-corrected chi connectivity index (χ4v) is 5.28. The second kappa shape index (κ2) is 10.2. The van der Waals surface area contributed by atoms with Gasteiger partial charge in [0.2, 0.25) is 5.91 Å². The summed E-state index contributed by atoms with van der Waals surface area (Å²) < 4.78 is 5.27. The number of piperidine rings is 1. The summed E-state index contributed by atoms with van der Waals surface area (Å²) in [6, 6.07) is 10.5. The highest BCUT2D eigenvalue weighted by Gasteiger charge is 2.51. The lowest BCUT2D eigenvalue weighted by atomic mass is 9.83. The lowest BCUT2D eigenvalue weighted by Crippen LogP contribution is -2.54. The minimum atomic E-state index is -0.534. The first-order valence-corrected chi connectivity index (χ1v) is 12.3. The molecule has 5 atom stereocenters. The third-order valence-corrected chi connectivity index (χ3v) is 6.83. The number of alkyl carbamates (subject to hydrolysis) is 1. The van der Waals surface area contributed by atoms with Crippen LogP contribution in [0.3, 0.4) is 0 Å². The summed E-state index contributed by atoms with van der Waals surface area (Å²) in [7, 11) is 0. The van der Waals surface area contributed by atoms with Gasteiger partial charge in [-0.15, -0.1) is 0 Å². The number of hydrazine groups is 1. The van der Waals surface area contributed by atoms with Crippen molar-refractivity contribution in [1.29, 1.82) is 5.26 Å². The van der Waals surface area contributed by atoms with E-state index in [0.29, 0.717) is 13.1 Å². The van der Waals surface area contributed by atoms with E-state index in [2.05, 4.69) is 32.5 Å². The second-order valence-corrected chi connectivity index (χ2v) is 10.5. The molecule has 4 N–H and O–H groups in total. The molecule has 3 aliphatic rings. The van der Waals surface area contributed by atoms with Crippen LogP contribution in [0.25, 0.3) is 0 Å². The number of anilines is 1. The number of ether oxygens (including phenoxy) is 1. The third-order valence-electron chi connectivity index (χ3n) is 6.83. The fraction of sp³-hybridized carbons (Fsp3) is 0.640. The van der Waals surface area contributed by atoms with E-state index in [1.54, 1.807) is 0 Å². The fourth-order valence-electron chi connectivity index (χ4n) is 5.28. The number of rotatable bonds is 5. The van der Waals surface area contributed by atoms with Crippen molar-refractivity contribution in [2.75, 3.05) is 11.9 Å². The summed E-state index contributed by atoms with van der Waals surface area (Å²) in [6.45, 7) is 6.52. The van der Waals surface area contributed by atoms with Crippen molar-refractivity contribution in [1.82, 2.24) is 21.1 Å². The number of carbonyl (C=O) groups excluding carboxylic acids is 2. The zero-order valence-corrected chi connectivity index (χ0v) is 20.3. The van der Waals surface area contributed by atoms with Crippen LogP contribution in [-0.2, 0) is 16.1 Å². The van der Waals surface area contributed by atoms with Gasteiger partial charge < -0.3 is 20.7 Å². The van der Waals surface area contributed by atoms with Crippen LogP contribution in [0.15, 0.2) is 24.3 Å². The normalized spacial score (nSPS) is 29.5. The van der Waals surface area contributed by atoms with Crippen LogP contribution >= 0.6 is 0 Å². The molecule has 2 heterocycles. The van der Waals surface area contributed by atoms with Gasteiger partial charge in [0.1, 0.15) is 11.8 Å². The molecule has 1 saturated carbocycles. The van der Waals surface area contributed by atoms with E-state index in [-0.39, 0.29) is 36.0 Å². The smallest absolute Gasteiger partial charge is 0.407 e. The van der Waals surface area contributed by atoms with Gasteiger partial charge in [-0.1, -0.05) is 25.0 Å². The van der Waals surface area contributed by atoms with E-state index in [1.165, 1.54) is 0 Å². The van der Waals surface area contributed by atoms with E-state index < -0.39 is 11.7 Å². The summed E-state index contributed by atoms with van der Waals surface area (Å²) in [5, 5.41) is 21.2. The van der Waals surface area contributed by atoms with Gasteiger partial charge in [0.05, 0.1) is 17.9 Å². The summed E-state index contributed by atoms with van der Waals surface area (Å²) in [5.74, 6) is -0.197. The van der Waals surface area contributed by atoms with E-state index in [1.807, 2.05) is 45.0 Å². The van der Waals surface area contributed by atoms with Crippen LogP contribution in [0, 0.1) is 23.2 Å². The van der Waals surface area contributed by atoms with Gasteiger partial charge in [-0.05, 0) is 57.7 Å². The highest BCUT2D eigenvalue weighted by atomic mass is 16.6. The number of nitrogens with zero attached hydrogens (tertiary/aromatic N) is 2. The van der Waals surface area contributed by atoms with E-state index >= 15 is 0 Å². The maximum absolute atomic E-state index is 12.8. The Labute approximate surface area is 201 Å². The van der Waals surface area contributed by atoms with Gasteiger partial charge in [0.25, 0.3) is 0 Å². The van der Waals surface area contributed by atoms with Gasteiger partial charge in [0, 0.05) is 30.9 Å². The molecule has 0 spiro atoms. The highest BCUT2D eigenvalue weighted by molar-refractivity contribution is 5.82. The number of benzene rings is 1. The zero-order valence-electron chi connectivity index (χ0n) is 20.3. The average molecular weight is 469 g/mol. The first-order valence-electron chi connectivity index (χ1n) is 12.3. The predicted octanol–water partition coefficient (Wildman–Crippen LogP) is 2.86. The Bertz CT molecular complexity index is 922. The Hall–Kier alpha value is -2.83. The molecule has 1 aromatic carbocycles. The molecule has 34 heavy (non-hydrogen) atoms. The monoisotopic (exact) mass is 468 g/mol. The van der Waals surface area contributed by atoms with Crippen molar-refractivity contribution in [2.45, 2.75) is 83.3 Å². The molecular weight excluding hydrogens is 432 g/mol. The molecule has 0 radical (unpaired) electrons. The second-order valence-electron chi connectivity index (χ2n) is 10.5. The van der Waals surface area contributed by atoms with E-state index in [9.17, 15) is 14.9 Å². The summed E-state index contributed by atoms with van der Waals surface area (Å²) in [4.78, 5) is 24.7. The Morgan fingerprint density at radius 2 is 1.91 bits per heavy atom. The van der Waals surface area contributed by atoms with Gasteiger partial charge in [0.15, 0.2) is 0 Å². The summed E-state index contributed by atoms with van der Waals surface area (Å²) in [6.07, 6.45) is 4.26. The lowest BCUT2D eigenvalue weighted by Gasteiger charge is -2.39. The molecule has 2 aliphatic heterocycles. The first-order chi connectivity index (χ1) is 16.2. The molecule has 184 valence electrons. The Kier molecular flexibility index (Phi) is 7.29. The predicted molar refractivity (Wildman–Crippen MR) is 128 cm³/mol. The minimum absolute atomic E-state index is 0.0117. The molecule has 2 amide bonds. The number of nitrogens with one attached hydrogen (secondary N) is 4. The number of hydrogen-bond donors (Lipinski definition) is 4. The van der Waals surface area contributed by atoms with Gasteiger partial charge >= 0.3 is 6.09 Å². The summed E-state index contributed by atoms with van der Waals surface area (Å²) in [5.41, 5.74) is 4.86.